The SMILES string of the molecule is c1cnc(N2CCCC2)c(CNc2cc(-n3cncn3)ncn2)c1. The highest BCUT2D eigenvalue weighted by Gasteiger charge is 2.16. The number of nitrogens with zero attached hydrogens (tertiary/aromatic N) is 7. The van der Waals surface area contributed by atoms with Crippen molar-refractivity contribution < 1.29 is 0 Å². The molecule has 122 valence electrons. The molecule has 1 N–H and O–H groups in total. The Labute approximate surface area is 139 Å². The molecule has 8 heteroatoms. The number of aromatic nitrogens is 6. The highest BCUT2D eigenvalue weighted by molar-refractivity contribution is 5.50. The standard InChI is InChI=1S/C16H18N8/c1-2-7-23(6-1)16-13(4-3-5-18-16)9-19-14-8-15(21-11-20-14)24-12-17-10-22-24/h3-5,8,10-12H,1-2,6-7,9H2,(H,19,20,21). The van der Waals surface area contributed by atoms with Crippen LogP contribution in [0.2, 0.25) is 0 Å². The molecule has 0 aromatic carbocycles. The Morgan fingerprint density at radius 3 is 2.83 bits per heavy atom. The number of hydrogen-bond donors (Lipinski definition) is 1. The average molecular weight is 322 g/mol. The first kappa shape index (κ1) is 14.6. The minimum Gasteiger partial charge on any atom is -0.366 e. The van der Waals surface area contributed by atoms with E-state index >= 15 is 0 Å². The summed E-state index contributed by atoms with van der Waals surface area (Å²) in [4.78, 5) is 19.3. The first-order chi connectivity index (χ1) is 11.9. The van der Waals surface area contributed by atoms with Crippen molar-refractivity contribution in [3.8, 4) is 5.82 Å². The molecular formula is C16H18N8. The van der Waals surface area contributed by atoms with Crippen molar-refractivity contribution in [2.45, 2.75) is 19.4 Å². The second-order valence-corrected chi connectivity index (χ2v) is 5.64. The van der Waals surface area contributed by atoms with Crippen LogP contribution in [0.4, 0.5) is 11.6 Å². The third-order valence-electron chi connectivity index (χ3n) is 4.04. The molecule has 0 bridgehead atoms. The van der Waals surface area contributed by atoms with Crippen molar-refractivity contribution in [3.63, 3.8) is 0 Å². The van der Waals surface area contributed by atoms with Gasteiger partial charge < -0.3 is 10.2 Å². The predicted octanol–water partition coefficient (Wildman–Crippen LogP) is 1.66. The van der Waals surface area contributed by atoms with Gasteiger partial charge in [0.1, 0.15) is 30.6 Å². The highest BCUT2D eigenvalue weighted by Crippen LogP contribution is 2.22. The lowest BCUT2D eigenvalue weighted by molar-refractivity contribution is 0.837. The molecule has 8 nitrogen and oxygen atoms in total. The molecule has 24 heavy (non-hydrogen) atoms. The van der Waals surface area contributed by atoms with Gasteiger partial charge in [0.2, 0.25) is 0 Å². The van der Waals surface area contributed by atoms with E-state index in [4.69, 9.17) is 0 Å². The molecule has 3 aromatic heterocycles. The molecule has 1 aliphatic rings. The first-order valence-corrected chi connectivity index (χ1v) is 8.00. The first-order valence-electron chi connectivity index (χ1n) is 8.00. The summed E-state index contributed by atoms with van der Waals surface area (Å²) in [5.41, 5.74) is 1.17. The van der Waals surface area contributed by atoms with Gasteiger partial charge in [-0.3, -0.25) is 0 Å². The van der Waals surface area contributed by atoms with Crippen LogP contribution in [0.15, 0.2) is 43.4 Å². The summed E-state index contributed by atoms with van der Waals surface area (Å²) in [5, 5.41) is 7.43. The van der Waals surface area contributed by atoms with Gasteiger partial charge in [0.25, 0.3) is 0 Å². The minimum atomic E-state index is 0.660. The van der Waals surface area contributed by atoms with E-state index in [0.29, 0.717) is 12.4 Å². The lowest BCUT2D eigenvalue weighted by atomic mass is 10.2. The van der Waals surface area contributed by atoms with Crippen molar-refractivity contribution in [3.05, 3.63) is 48.9 Å². The largest absolute Gasteiger partial charge is 0.366 e. The monoisotopic (exact) mass is 322 g/mol. The third kappa shape index (κ3) is 3.03. The van der Waals surface area contributed by atoms with Crippen molar-refractivity contribution in [1.82, 2.24) is 29.7 Å². The fourth-order valence-electron chi connectivity index (χ4n) is 2.86. The molecule has 0 spiro atoms. The summed E-state index contributed by atoms with van der Waals surface area (Å²) >= 11 is 0. The van der Waals surface area contributed by atoms with E-state index in [1.807, 2.05) is 18.3 Å². The second-order valence-electron chi connectivity index (χ2n) is 5.64. The van der Waals surface area contributed by atoms with Crippen LogP contribution in [0.1, 0.15) is 18.4 Å². The fourth-order valence-corrected chi connectivity index (χ4v) is 2.86. The second kappa shape index (κ2) is 6.61. The molecule has 1 aliphatic heterocycles. The van der Waals surface area contributed by atoms with Crippen LogP contribution in [-0.4, -0.2) is 42.8 Å². The summed E-state index contributed by atoms with van der Waals surface area (Å²) in [6, 6.07) is 5.92. The van der Waals surface area contributed by atoms with Gasteiger partial charge >= 0.3 is 0 Å². The predicted molar refractivity (Wildman–Crippen MR) is 90.0 cm³/mol. The molecular weight excluding hydrogens is 304 g/mol. The molecule has 4 rings (SSSR count). The van der Waals surface area contributed by atoms with E-state index in [9.17, 15) is 0 Å². The van der Waals surface area contributed by atoms with Crippen LogP contribution in [0.3, 0.4) is 0 Å². The summed E-state index contributed by atoms with van der Waals surface area (Å²) in [7, 11) is 0. The van der Waals surface area contributed by atoms with Crippen molar-refractivity contribution in [2.75, 3.05) is 23.3 Å². The Hall–Kier alpha value is -3.03. The minimum absolute atomic E-state index is 0.660. The van der Waals surface area contributed by atoms with Crippen LogP contribution in [-0.2, 0) is 6.54 Å². The molecule has 0 unspecified atom stereocenters. The van der Waals surface area contributed by atoms with Gasteiger partial charge in [0, 0.05) is 37.5 Å². The highest BCUT2D eigenvalue weighted by atomic mass is 15.3. The van der Waals surface area contributed by atoms with Crippen LogP contribution in [0.25, 0.3) is 5.82 Å². The Morgan fingerprint density at radius 1 is 1.08 bits per heavy atom. The number of anilines is 2. The van der Waals surface area contributed by atoms with E-state index < -0.39 is 0 Å². The summed E-state index contributed by atoms with van der Waals surface area (Å²) < 4.78 is 1.60. The molecule has 3 aromatic rings. The maximum absolute atomic E-state index is 4.56. The quantitative estimate of drug-likeness (QED) is 0.764. The Balaban J connectivity index is 1.50. The number of nitrogens with one attached hydrogen (secondary N) is 1. The molecule has 0 saturated carbocycles. The summed E-state index contributed by atoms with van der Waals surface area (Å²) in [6.45, 7) is 2.81. The lowest BCUT2D eigenvalue weighted by Crippen LogP contribution is -2.21. The third-order valence-corrected chi connectivity index (χ3v) is 4.04. The van der Waals surface area contributed by atoms with Crippen LogP contribution in [0.5, 0.6) is 0 Å². The van der Waals surface area contributed by atoms with E-state index in [0.717, 1.165) is 24.7 Å². The molecule has 4 heterocycles. The van der Waals surface area contributed by atoms with Crippen molar-refractivity contribution in [2.24, 2.45) is 0 Å². The van der Waals surface area contributed by atoms with Gasteiger partial charge in [0.05, 0.1) is 0 Å². The fraction of sp³-hybridized carbons (Fsp3) is 0.312. The number of hydrogen-bond acceptors (Lipinski definition) is 7. The number of rotatable bonds is 5. The van der Waals surface area contributed by atoms with Gasteiger partial charge in [-0.2, -0.15) is 5.10 Å². The van der Waals surface area contributed by atoms with Gasteiger partial charge in [-0.15, -0.1) is 0 Å². The zero-order valence-electron chi connectivity index (χ0n) is 13.2. The van der Waals surface area contributed by atoms with Crippen molar-refractivity contribution >= 4 is 11.6 Å². The Bertz CT molecular complexity index is 795. The molecule has 1 fully saturated rings. The topological polar surface area (TPSA) is 84.7 Å². The molecule has 0 radical (unpaired) electrons. The molecule has 0 aliphatic carbocycles. The maximum atomic E-state index is 4.56. The van der Waals surface area contributed by atoms with E-state index in [1.165, 1.54) is 31.1 Å². The zero-order chi connectivity index (χ0) is 16.2. The van der Waals surface area contributed by atoms with Gasteiger partial charge in [-0.05, 0) is 18.9 Å². The normalized spacial score (nSPS) is 14.1. The summed E-state index contributed by atoms with van der Waals surface area (Å²) in [5.74, 6) is 2.48. The average Bonchev–Trinajstić information content (AvgIpc) is 3.34. The Kier molecular flexibility index (Phi) is 4.01. The molecule has 0 amide bonds. The Morgan fingerprint density at radius 2 is 2.00 bits per heavy atom. The van der Waals surface area contributed by atoms with Gasteiger partial charge in [0.15, 0.2) is 5.82 Å². The van der Waals surface area contributed by atoms with Crippen LogP contribution in [0, 0.1) is 0 Å². The van der Waals surface area contributed by atoms with E-state index in [2.05, 4.69) is 41.3 Å². The molecule has 0 atom stereocenters. The van der Waals surface area contributed by atoms with E-state index in [1.54, 1.807) is 11.0 Å². The van der Waals surface area contributed by atoms with Gasteiger partial charge in [-0.1, -0.05) is 6.07 Å². The molecule has 1 saturated heterocycles. The smallest absolute Gasteiger partial charge is 0.160 e. The maximum Gasteiger partial charge on any atom is 0.160 e. The van der Waals surface area contributed by atoms with Gasteiger partial charge in [-0.25, -0.2) is 24.6 Å². The zero-order valence-corrected chi connectivity index (χ0v) is 13.2. The lowest BCUT2D eigenvalue weighted by Gasteiger charge is -2.20. The van der Waals surface area contributed by atoms with Crippen LogP contribution < -0.4 is 10.2 Å². The van der Waals surface area contributed by atoms with E-state index in [-0.39, 0.29) is 0 Å². The number of pyridine rings is 1. The van der Waals surface area contributed by atoms with Crippen LogP contribution >= 0.6 is 0 Å². The summed E-state index contributed by atoms with van der Waals surface area (Å²) in [6.07, 6.45) is 8.92. The van der Waals surface area contributed by atoms with Crippen molar-refractivity contribution in [1.29, 1.82) is 0 Å².